The zero-order chi connectivity index (χ0) is 10.0. The lowest BCUT2D eigenvalue weighted by atomic mass is 10.2. The average Bonchev–Trinajstić information content (AvgIpc) is 2.02. The Balaban J connectivity index is 3.38. The first kappa shape index (κ1) is 9.24. The highest BCUT2D eigenvalue weighted by Crippen LogP contribution is 2.20. The minimum absolute atomic E-state index is 0.0816. The normalized spacial score (nSPS) is 9.69. The summed E-state index contributed by atoms with van der Waals surface area (Å²) in [6, 6.07) is 0. The van der Waals surface area contributed by atoms with Gasteiger partial charge in [-0.15, -0.1) is 0 Å². The largest absolute Gasteiger partial charge is 0.383 e. The molecule has 0 saturated heterocycles. The molecule has 0 amide bonds. The van der Waals surface area contributed by atoms with Crippen LogP contribution in [-0.4, -0.2) is 22.7 Å². The third kappa shape index (κ3) is 1.66. The van der Waals surface area contributed by atoms with Crippen LogP contribution in [0.15, 0.2) is 0 Å². The quantitative estimate of drug-likeness (QED) is 0.481. The number of nitrogens with two attached hydrogens (primary N) is 2. The fourth-order valence-electron chi connectivity index (χ4n) is 1.01. The lowest BCUT2D eigenvalue weighted by molar-refractivity contribution is 1.16. The van der Waals surface area contributed by atoms with E-state index in [-0.39, 0.29) is 11.8 Å². The molecule has 0 saturated carbocycles. The average molecular weight is 180 g/mol. The summed E-state index contributed by atoms with van der Waals surface area (Å²) >= 11 is 0. The summed E-state index contributed by atoms with van der Waals surface area (Å²) in [7, 11) is 1.69. The minimum atomic E-state index is 0.0816. The van der Waals surface area contributed by atoms with Gasteiger partial charge in [-0.3, -0.25) is 0 Å². The van der Waals surface area contributed by atoms with Crippen LogP contribution in [0, 0.1) is 5.41 Å². The molecule has 1 aromatic heterocycles. The van der Waals surface area contributed by atoms with E-state index < -0.39 is 0 Å². The third-order valence-electron chi connectivity index (χ3n) is 1.56. The van der Waals surface area contributed by atoms with Crippen molar-refractivity contribution in [3.63, 3.8) is 0 Å². The van der Waals surface area contributed by atoms with E-state index in [1.54, 1.807) is 14.0 Å². The van der Waals surface area contributed by atoms with Crippen molar-refractivity contribution in [2.24, 2.45) is 0 Å². The van der Waals surface area contributed by atoms with Crippen molar-refractivity contribution in [1.82, 2.24) is 9.97 Å². The maximum Gasteiger partial charge on any atom is 0.222 e. The Bertz CT molecular complexity index is 345. The Hall–Kier alpha value is -1.85. The first-order chi connectivity index (χ1) is 6.06. The van der Waals surface area contributed by atoms with Gasteiger partial charge < -0.3 is 22.2 Å². The summed E-state index contributed by atoms with van der Waals surface area (Å²) in [6.07, 6.45) is 0. The molecule has 0 spiro atoms. The van der Waals surface area contributed by atoms with Gasteiger partial charge >= 0.3 is 0 Å². The molecule has 1 aromatic rings. The van der Waals surface area contributed by atoms with Gasteiger partial charge in [0.2, 0.25) is 5.95 Å². The van der Waals surface area contributed by atoms with Crippen molar-refractivity contribution in [2.75, 3.05) is 23.8 Å². The van der Waals surface area contributed by atoms with Crippen LogP contribution in [0.3, 0.4) is 0 Å². The number of aromatic nitrogens is 2. The summed E-state index contributed by atoms with van der Waals surface area (Å²) in [5.74, 6) is 0.342. The molecule has 0 aliphatic rings. The van der Waals surface area contributed by atoms with E-state index in [0.29, 0.717) is 17.1 Å². The molecule has 0 fully saturated rings. The number of nitrogens with one attached hydrogen (secondary N) is 2. The molecule has 0 bridgehead atoms. The zero-order valence-electron chi connectivity index (χ0n) is 7.55. The molecule has 6 heteroatoms. The molecule has 0 atom stereocenters. The number of nitrogens with zero attached hydrogens (tertiary/aromatic N) is 2. The van der Waals surface area contributed by atoms with Crippen LogP contribution in [0.5, 0.6) is 0 Å². The van der Waals surface area contributed by atoms with Crippen molar-refractivity contribution in [2.45, 2.75) is 6.92 Å². The molecule has 70 valence electrons. The molecule has 6 nitrogen and oxygen atoms in total. The Labute approximate surface area is 75.9 Å². The van der Waals surface area contributed by atoms with Crippen molar-refractivity contribution in [3.8, 4) is 0 Å². The fraction of sp³-hybridized carbons (Fsp3) is 0.286. The van der Waals surface area contributed by atoms with Gasteiger partial charge in [-0.25, -0.2) is 4.98 Å². The first-order valence-electron chi connectivity index (χ1n) is 3.72. The molecule has 13 heavy (non-hydrogen) atoms. The Kier molecular flexibility index (Phi) is 2.32. The first-order valence-corrected chi connectivity index (χ1v) is 3.72. The fourth-order valence-corrected chi connectivity index (χ4v) is 1.01. The molecule has 0 unspecified atom stereocenters. The van der Waals surface area contributed by atoms with Crippen molar-refractivity contribution in [1.29, 1.82) is 5.41 Å². The highest BCUT2D eigenvalue weighted by Gasteiger charge is 2.10. The Morgan fingerprint density at radius 1 is 1.38 bits per heavy atom. The van der Waals surface area contributed by atoms with Gasteiger partial charge in [0.05, 0.1) is 5.71 Å². The van der Waals surface area contributed by atoms with E-state index in [2.05, 4.69) is 15.3 Å². The van der Waals surface area contributed by atoms with Crippen LogP contribution in [-0.2, 0) is 0 Å². The molecule has 0 aliphatic carbocycles. The summed E-state index contributed by atoms with van der Waals surface area (Å²) in [6.45, 7) is 1.61. The molecule has 0 radical (unpaired) electrons. The summed E-state index contributed by atoms with van der Waals surface area (Å²) < 4.78 is 0. The van der Waals surface area contributed by atoms with E-state index >= 15 is 0 Å². The maximum atomic E-state index is 7.43. The number of hydrogen-bond donors (Lipinski definition) is 4. The molecule has 0 aromatic carbocycles. The van der Waals surface area contributed by atoms with Gasteiger partial charge in [0.25, 0.3) is 0 Å². The van der Waals surface area contributed by atoms with Crippen molar-refractivity contribution in [3.05, 3.63) is 5.69 Å². The van der Waals surface area contributed by atoms with Crippen LogP contribution >= 0.6 is 0 Å². The van der Waals surface area contributed by atoms with E-state index in [1.807, 2.05) is 0 Å². The van der Waals surface area contributed by atoms with Crippen LogP contribution < -0.4 is 16.8 Å². The van der Waals surface area contributed by atoms with Gasteiger partial charge in [-0.2, -0.15) is 4.98 Å². The van der Waals surface area contributed by atoms with Gasteiger partial charge in [-0.05, 0) is 6.92 Å². The maximum absolute atomic E-state index is 7.43. The predicted molar refractivity (Wildman–Crippen MR) is 52.9 cm³/mol. The topological polar surface area (TPSA) is 114 Å². The van der Waals surface area contributed by atoms with Crippen LogP contribution in [0.1, 0.15) is 12.6 Å². The summed E-state index contributed by atoms with van der Waals surface area (Å²) in [5.41, 5.74) is 12.3. The Morgan fingerprint density at radius 3 is 2.46 bits per heavy atom. The highest BCUT2D eigenvalue weighted by molar-refractivity contribution is 6.01. The highest BCUT2D eigenvalue weighted by atomic mass is 15.1. The summed E-state index contributed by atoms with van der Waals surface area (Å²) in [4.78, 5) is 7.68. The van der Waals surface area contributed by atoms with E-state index in [0.717, 1.165) is 0 Å². The molecule has 0 aliphatic heterocycles. The number of anilines is 3. The summed E-state index contributed by atoms with van der Waals surface area (Å²) in [5, 5.41) is 10.3. The van der Waals surface area contributed by atoms with Crippen LogP contribution in [0.2, 0.25) is 0 Å². The van der Waals surface area contributed by atoms with E-state index in [4.69, 9.17) is 16.9 Å². The van der Waals surface area contributed by atoms with Gasteiger partial charge in [-0.1, -0.05) is 0 Å². The van der Waals surface area contributed by atoms with E-state index in [1.165, 1.54) is 0 Å². The van der Waals surface area contributed by atoms with Gasteiger partial charge in [0.15, 0.2) is 5.82 Å². The lowest BCUT2D eigenvalue weighted by Crippen LogP contribution is -2.11. The van der Waals surface area contributed by atoms with Gasteiger partial charge in [0.1, 0.15) is 11.4 Å². The smallest absolute Gasteiger partial charge is 0.222 e. The molecule has 6 N–H and O–H groups in total. The van der Waals surface area contributed by atoms with Crippen molar-refractivity contribution >= 4 is 23.2 Å². The minimum Gasteiger partial charge on any atom is -0.383 e. The van der Waals surface area contributed by atoms with Crippen LogP contribution in [0.25, 0.3) is 0 Å². The third-order valence-corrected chi connectivity index (χ3v) is 1.56. The Morgan fingerprint density at radius 2 is 2.00 bits per heavy atom. The second kappa shape index (κ2) is 3.26. The second-order valence-corrected chi connectivity index (χ2v) is 2.57. The monoisotopic (exact) mass is 180 g/mol. The number of hydrogen-bond acceptors (Lipinski definition) is 6. The standard InChI is InChI=1S/C7H12N6/c1-3(8)4-5(11-2)6(9)13-7(10)12-4/h8,11H,1-2H3,(H4,9,10,12,13). The number of nitrogen functional groups attached to an aromatic ring is 2. The number of rotatable bonds is 2. The lowest BCUT2D eigenvalue weighted by Gasteiger charge is -2.09. The van der Waals surface area contributed by atoms with E-state index in [9.17, 15) is 0 Å². The predicted octanol–water partition coefficient (Wildman–Crippen LogP) is 0.0705. The molecular weight excluding hydrogens is 168 g/mol. The van der Waals surface area contributed by atoms with Crippen LogP contribution in [0.4, 0.5) is 17.5 Å². The SMILES string of the molecule is CNc1c(N)nc(N)nc1C(C)=N. The molecule has 1 rings (SSSR count). The molecule has 1 heterocycles. The molecular formula is C7H12N6. The van der Waals surface area contributed by atoms with Crippen molar-refractivity contribution < 1.29 is 0 Å². The zero-order valence-corrected chi connectivity index (χ0v) is 7.55. The van der Waals surface area contributed by atoms with Gasteiger partial charge in [0, 0.05) is 7.05 Å². The second-order valence-electron chi connectivity index (χ2n) is 2.57.